The standard InChI is InChI=1S/C23H24N2O4/c1-14-8-10-16(11-9-14)18-19-17(24-25-21(19)26)12-23(2,28)20(18)22(27)29-13-15-6-4-3-5-7-15/h3-11,18,20,28H,12-13H2,1-2H3,(H2,24,25,26)/t18-,20+,23-/m0/s1. The van der Waals surface area contributed by atoms with E-state index in [2.05, 4.69) is 10.2 Å². The molecule has 0 radical (unpaired) electrons. The van der Waals surface area contributed by atoms with Crippen molar-refractivity contribution in [1.82, 2.24) is 10.2 Å². The number of fused-ring (bicyclic) bond motifs is 1. The summed E-state index contributed by atoms with van der Waals surface area (Å²) in [6, 6.07) is 17.1. The number of aromatic amines is 2. The lowest BCUT2D eigenvalue weighted by molar-refractivity contribution is -0.161. The molecular formula is C23H24N2O4. The van der Waals surface area contributed by atoms with Gasteiger partial charge in [-0.1, -0.05) is 60.2 Å². The van der Waals surface area contributed by atoms with Gasteiger partial charge in [-0.2, -0.15) is 0 Å². The van der Waals surface area contributed by atoms with Crippen LogP contribution in [0.4, 0.5) is 0 Å². The summed E-state index contributed by atoms with van der Waals surface area (Å²) in [5.74, 6) is -2.03. The van der Waals surface area contributed by atoms with Gasteiger partial charge < -0.3 is 14.9 Å². The number of esters is 1. The highest BCUT2D eigenvalue weighted by atomic mass is 16.5. The summed E-state index contributed by atoms with van der Waals surface area (Å²) < 4.78 is 5.59. The first-order valence-electron chi connectivity index (χ1n) is 9.66. The SMILES string of the molecule is Cc1ccc([C@H]2c3c([nH][nH]c3=O)C[C@](C)(O)[C@H]2C(=O)OCc2ccccc2)cc1. The van der Waals surface area contributed by atoms with Crippen LogP contribution in [0, 0.1) is 12.8 Å². The summed E-state index contributed by atoms with van der Waals surface area (Å²) in [4.78, 5) is 25.7. The molecule has 0 aliphatic heterocycles. The fourth-order valence-corrected chi connectivity index (χ4v) is 4.21. The van der Waals surface area contributed by atoms with Crippen LogP contribution in [0.5, 0.6) is 0 Å². The van der Waals surface area contributed by atoms with Crippen molar-refractivity contribution in [3.63, 3.8) is 0 Å². The fourth-order valence-electron chi connectivity index (χ4n) is 4.21. The zero-order valence-corrected chi connectivity index (χ0v) is 16.4. The van der Waals surface area contributed by atoms with E-state index in [1.165, 1.54) is 0 Å². The van der Waals surface area contributed by atoms with E-state index in [0.717, 1.165) is 16.7 Å². The molecule has 4 rings (SSSR count). The van der Waals surface area contributed by atoms with Crippen LogP contribution in [0.2, 0.25) is 0 Å². The second-order valence-corrected chi connectivity index (χ2v) is 7.96. The van der Waals surface area contributed by atoms with Gasteiger partial charge in [-0.15, -0.1) is 0 Å². The van der Waals surface area contributed by atoms with Crippen LogP contribution in [0.1, 0.15) is 40.8 Å². The molecule has 0 saturated carbocycles. The van der Waals surface area contributed by atoms with Crippen molar-refractivity contribution in [2.75, 3.05) is 0 Å². The van der Waals surface area contributed by atoms with Crippen LogP contribution in [-0.2, 0) is 22.6 Å². The van der Waals surface area contributed by atoms with Crippen molar-refractivity contribution >= 4 is 5.97 Å². The number of carbonyl (C=O) groups is 1. The Kier molecular flexibility index (Phi) is 4.88. The van der Waals surface area contributed by atoms with Gasteiger partial charge in [0.2, 0.25) is 0 Å². The van der Waals surface area contributed by atoms with Gasteiger partial charge in [0, 0.05) is 23.6 Å². The summed E-state index contributed by atoms with van der Waals surface area (Å²) in [6.07, 6.45) is 0.161. The quantitative estimate of drug-likeness (QED) is 0.595. The Labute approximate surface area is 168 Å². The molecule has 150 valence electrons. The number of aryl methyl sites for hydroxylation is 1. The Bertz CT molecular complexity index is 1060. The Morgan fingerprint density at radius 1 is 1.14 bits per heavy atom. The van der Waals surface area contributed by atoms with Crippen molar-refractivity contribution in [3.05, 3.63) is 92.9 Å². The number of aliphatic hydroxyl groups is 1. The zero-order valence-electron chi connectivity index (χ0n) is 16.4. The summed E-state index contributed by atoms with van der Waals surface area (Å²) >= 11 is 0. The summed E-state index contributed by atoms with van der Waals surface area (Å²) in [5.41, 5.74) is 2.19. The molecular weight excluding hydrogens is 368 g/mol. The normalized spacial score (nSPS) is 23.4. The maximum absolute atomic E-state index is 13.2. The molecule has 0 bridgehead atoms. The van der Waals surface area contributed by atoms with Gasteiger partial charge in [0.1, 0.15) is 6.61 Å². The first-order chi connectivity index (χ1) is 13.9. The third-order valence-corrected chi connectivity index (χ3v) is 5.66. The minimum absolute atomic E-state index is 0.114. The Balaban J connectivity index is 1.74. The van der Waals surface area contributed by atoms with E-state index in [-0.39, 0.29) is 18.6 Å². The van der Waals surface area contributed by atoms with E-state index >= 15 is 0 Å². The highest BCUT2D eigenvalue weighted by Gasteiger charge is 2.51. The molecule has 0 fully saturated rings. The van der Waals surface area contributed by atoms with Gasteiger partial charge >= 0.3 is 5.97 Å². The predicted molar refractivity (Wildman–Crippen MR) is 108 cm³/mol. The number of rotatable bonds is 4. The lowest BCUT2D eigenvalue weighted by atomic mass is 9.66. The maximum Gasteiger partial charge on any atom is 0.313 e. The van der Waals surface area contributed by atoms with E-state index in [1.54, 1.807) is 6.92 Å². The third-order valence-electron chi connectivity index (χ3n) is 5.66. The lowest BCUT2D eigenvalue weighted by Gasteiger charge is -2.40. The summed E-state index contributed by atoms with van der Waals surface area (Å²) in [6.45, 7) is 3.71. The van der Waals surface area contributed by atoms with Crippen molar-refractivity contribution in [3.8, 4) is 0 Å². The fraction of sp³-hybridized carbons (Fsp3) is 0.304. The molecule has 1 aliphatic rings. The number of ether oxygens (including phenoxy) is 1. The first kappa shape index (κ1) is 19.2. The molecule has 29 heavy (non-hydrogen) atoms. The number of hydrogen-bond acceptors (Lipinski definition) is 4. The molecule has 6 nitrogen and oxygen atoms in total. The van der Waals surface area contributed by atoms with Crippen LogP contribution in [0.3, 0.4) is 0 Å². The van der Waals surface area contributed by atoms with Gasteiger partial charge in [0.15, 0.2) is 0 Å². The third kappa shape index (κ3) is 3.63. The van der Waals surface area contributed by atoms with Crippen LogP contribution in [0.15, 0.2) is 59.4 Å². The molecule has 0 unspecified atom stereocenters. The van der Waals surface area contributed by atoms with Crippen molar-refractivity contribution in [2.24, 2.45) is 5.92 Å². The number of benzene rings is 2. The zero-order chi connectivity index (χ0) is 20.6. The average molecular weight is 392 g/mol. The highest BCUT2D eigenvalue weighted by molar-refractivity contribution is 5.77. The molecule has 0 saturated heterocycles. The second kappa shape index (κ2) is 7.37. The molecule has 6 heteroatoms. The lowest BCUT2D eigenvalue weighted by Crippen LogP contribution is -2.50. The van der Waals surface area contributed by atoms with Crippen molar-refractivity contribution < 1.29 is 14.6 Å². The molecule has 1 heterocycles. The van der Waals surface area contributed by atoms with Gasteiger partial charge in [0.25, 0.3) is 5.56 Å². The number of carbonyl (C=O) groups excluding carboxylic acids is 1. The molecule has 0 amide bonds. The van der Waals surface area contributed by atoms with Gasteiger partial charge in [-0.05, 0) is 25.0 Å². The van der Waals surface area contributed by atoms with E-state index in [9.17, 15) is 14.7 Å². The highest BCUT2D eigenvalue weighted by Crippen LogP contribution is 2.44. The monoisotopic (exact) mass is 392 g/mol. The molecule has 2 aromatic carbocycles. The molecule has 1 aliphatic carbocycles. The Hall–Kier alpha value is -3.12. The average Bonchev–Trinajstić information content (AvgIpc) is 3.05. The smallest absolute Gasteiger partial charge is 0.313 e. The number of nitrogens with one attached hydrogen (secondary N) is 2. The van der Waals surface area contributed by atoms with Crippen molar-refractivity contribution in [1.29, 1.82) is 0 Å². The van der Waals surface area contributed by atoms with Gasteiger partial charge in [-0.3, -0.25) is 14.7 Å². The van der Waals surface area contributed by atoms with Crippen LogP contribution >= 0.6 is 0 Å². The molecule has 3 N–H and O–H groups in total. The van der Waals surface area contributed by atoms with Crippen molar-refractivity contribution in [2.45, 2.75) is 38.4 Å². The number of aromatic nitrogens is 2. The predicted octanol–water partition coefficient (Wildman–Crippen LogP) is 2.81. The van der Waals surface area contributed by atoms with E-state index in [4.69, 9.17) is 4.74 Å². The number of H-pyrrole nitrogens is 2. The molecule has 3 atom stereocenters. The summed E-state index contributed by atoms with van der Waals surface area (Å²) in [5, 5.41) is 16.7. The van der Waals surface area contributed by atoms with Gasteiger partial charge in [0.05, 0.1) is 11.5 Å². The van der Waals surface area contributed by atoms with Crippen LogP contribution in [0.25, 0.3) is 0 Å². The molecule has 3 aromatic rings. The van der Waals surface area contributed by atoms with E-state index in [0.29, 0.717) is 11.3 Å². The Morgan fingerprint density at radius 3 is 2.52 bits per heavy atom. The van der Waals surface area contributed by atoms with Gasteiger partial charge in [-0.25, -0.2) is 0 Å². The van der Waals surface area contributed by atoms with E-state index < -0.39 is 23.4 Å². The van der Waals surface area contributed by atoms with E-state index in [1.807, 2.05) is 61.5 Å². The summed E-state index contributed by atoms with van der Waals surface area (Å²) in [7, 11) is 0. The first-order valence-corrected chi connectivity index (χ1v) is 9.66. The maximum atomic E-state index is 13.2. The minimum atomic E-state index is -1.37. The second-order valence-electron chi connectivity index (χ2n) is 7.96. The topological polar surface area (TPSA) is 95.2 Å². The minimum Gasteiger partial charge on any atom is -0.460 e. The molecule has 0 spiro atoms. The Morgan fingerprint density at radius 2 is 1.83 bits per heavy atom. The molecule has 1 aromatic heterocycles. The number of hydrogen-bond donors (Lipinski definition) is 3. The van der Waals surface area contributed by atoms with Crippen LogP contribution < -0.4 is 5.56 Å². The van der Waals surface area contributed by atoms with Crippen LogP contribution in [-0.4, -0.2) is 26.9 Å². The largest absolute Gasteiger partial charge is 0.460 e.